The highest BCUT2D eigenvalue weighted by Crippen LogP contribution is 2.45. The van der Waals surface area contributed by atoms with Crippen molar-refractivity contribution < 1.29 is 13.2 Å². The van der Waals surface area contributed by atoms with E-state index in [1.807, 2.05) is 24.3 Å². The van der Waals surface area contributed by atoms with E-state index < -0.39 is 18.1 Å². The van der Waals surface area contributed by atoms with Gasteiger partial charge in [0.05, 0.1) is 27.0 Å². The Hall–Kier alpha value is -1.20. The summed E-state index contributed by atoms with van der Waals surface area (Å²) < 4.78 is 39.0. The predicted octanol–water partition coefficient (Wildman–Crippen LogP) is 7.17. The summed E-state index contributed by atoms with van der Waals surface area (Å²) in [5, 5.41) is 0.502. The maximum Gasteiger partial charge on any atom is 0.392 e. The van der Waals surface area contributed by atoms with Gasteiger partial charge in [-0.3, -0.25) is 0 Å². The van der Waals surface area contributed by atoms with Gasteiger partial charge in [0.15, 0.2) is 0 Å². The van der Waals surface area contributed by atoms with Crippen LogP contribution in [-0.2, 0) is 12.0 Å². The summed E-state index contributed by atoms with van der Waals surface area (Å²) in [6.07, 6.45) is -2.18. The number of fused-ring (bicyclic) bond motifs is 1. The number of hydrogen-bond donors (Lipinski definition) is 1. The van der Waals surface area contributed by atoms with Crippen LogP contribution in [-0.4, -0.2) is 6.18 Å². The van der Waals surface area contributed by atoms with E-state index in [4.69, 9.17) is 40.5 Å². The summed E-state index contributed by atoms with van der Waals surface area (Å²) in [5.41, 5.74) is 8.35. The third-order valence-corrected chi connectivity index (χ3v) is 6.03. The molecule has 0 radical (unpaired) electrons. The van der Waals surface area contributed by atoms with Crippen molar-refractivity contribution in [1.29, 1.82) is 0 Å². The van der Waals surface area contributed by atoms with Crippen LogP contribution >= 0.6 is 34.8 Å². The number of benzene rings is 2. The summed E-state index contributed by atoms with van der Waals surface area (Å²) in [6, 6.07) is 10.6. The van der Waals surface area contributed by atoms with E-state index in [0.717, 1.165) is 30.0 Å². The Morgan fingerprint density at radius 3 is 2.37 bits per heavy atom. The Morgan fingerprint density at radius 2 is 1.74 bits per heavy atom. The summed E-state index contributed by atoms with van der Waals surface area (Å²) in [6.45, 7) is 0. The molecule has 27 heavy (non-hydrogen) atoms. The van der Waals surface area contributed by atoms with Gasteiger partial charge in [-0.2, -0.15) is 13.2 Å². The third-order valence-electron chi connectivity index (χ3n) is 4.83. The van der Waals surface area contributed by atoms with Crippen molar-refractivity contribution in [2.45, 2.75) is 37.4 Å². The summed E-state index contributed by atoms with van der Waals surface area (Å²) in [4.78, 5) is 0. The van der Waals surface area contributed by atoms with Crippen molar-refractivity contribution in [1.82, 2.24) is 0 Å². The Morgan fingerprint density at radius 1 is 1.11 bits per heavy atom. The van der Waals surface area contributed by atoms with Crippen molar-refractivity contribution >= 4 is 40.4 Å². The molecule has 2 aromatic carbocycles. The van der Waals surface area contributed by atoms with Gasteiger partial charge in [0.25, 0.3) is 0 Å². The van der Waals surface area contributed by atoms with Crippen LogP contribution < -0.4 is 5.73 Å². The third kappa shape index (κ3) is 4.29. The first-order chi connectivity index (χ1) is 12.6. The van der Waals surface area contributed by atoms with E-state index in [1.165, 1.54) is 12.1 Å². The van der Waals surface area contributed by atoms with Crippen molar-refractivity contribution in [3.63, 3.8) is 0 Å². The monoisotopic (exact) mass is 433 g/mol. The molecule has 2 N–H and O–H groups in total. The predicted molar refractivity (Wildman–Crippen MR) is 105 cm³/mol. The van der Waals surface area contributed by atoms with Crippen LogP contribution in [0.5, 0.6) is 0 Å². The van der Waals surface area contributed by atoms with Crippen LogP contribution in [0.3, 0.4) is 0 Å². The highest BCUT2D eigenvalue weighted by atomic mass is 35.5. The normalized spacial score (nSPS) is 20.5. The lowest BCUT2D eigenvalue weighted by molar-refractivity contribution is -0.124. The SMILES string of the molecule is NC1(/C(=C/CC(F)(F)F)c2cc(Cl)c(Cl)c(Cl)c2)CCCc2ccccc21. The van der Waals surface area contributed by atoms with Crippen molar-refractivity contribution in [2.75, 3.05) is 0 Å². The van der Waals surface area contributed by atoms with Crippen molar-refractivity contribution in [2.24, 2.45) is 5.73 Å². The Labute approximate surface area is 170 Å². The molecule has 7 heteroatoms. The fourth-order valence-corrected chi connectivity index (χ4v) is 4.23. The average molecular weight is 435 g/mol. The van der Waals surface area contributed by atoms with Crippen molar-refractivity contribution in [3.05, 3.63) is 74.2 Å². The minimum atomic E-state index is -4.35. The molecule has 0 heterocycles. The van der Waals surface area contributed by atoms with Crippen LogP contribution in [0.25, 0.3) is 5.57 Å². The van der Waals surface area contributed by atoms with Gasteiger partial charge in [-0.05, 0) is 53.7 Å². The number of rotatable bonds is 3. The van der Waals surface area contributed by atoms with Crippen LogP contribution in [0.2, 0.25) is 15.1 Å². The molecule has 0 bridgehead atoms. The fraction of sp³-hybridized carbons (Fsp3) is 0.300. The second-order valence-electron chi connectivity index (χ2n) is 6.67. The minimum Gasteiger partial charge on any atom is -0.318 e. The molecule has 0 fully saturated rings. The molecular formula is C20H17Cl3F3N. The zero-order chi connectivity index (χ0) is 19.8. The fourth-order valence-electron chi connectivity index (χ4n) is 3.63. The molecule has 0 aromatic heterocycles. The summed E-state index contributed by atoms with van der Waals surface area (Å²) >= 11 is 18.3. The molecule has 2 aromatic rings. The number of hydrogen-bond acceptors (Lipinski definition) is 1. The second kappa shape index (κ2) is 7.67. The van der Waals surface area contributed by atoms with Gasteiger partial charge in [0.2, 0.25) is 0 Å². The van der Waals surface area contributed by atoms with Gasteiger partial charge in [0, 0.05) is 0 Å². The van der Waals surface area contributed by atoms with E-state index in [0.29, 0.717) is 17.6 Å². The van der Waals surface area contributed by atoms with Gasteiger partial charge in [0.1, 0.15) is 0 Å². The quantitative estimate of drug-likeness (QED) is 0.509. The minimum absolute atomic E-state index is 0.160. The van der Waals surface area contributed by atoms with Gasteiger partial charge in [-0.1, -0.05) is 65.1 Å². The van der Waals surface area contributed by atoms with Gasteiger partial charge in [-0.15, -0.1) is 0 Å². The largest absolute Gasteiger partial charge is 0.392 e. The molecule has 1 atom stereocenters. The number of alkyl halides is 3. The maximum atomic E-state index is 13.0. The Bertz CT molecular complexity index is 869. The first kappa shape index (κ1) is 20.5. The van der Waals surface area contributed by atoms with E-state index in [1.54, 1.807) is 0 Å². The van der Waals surface area contributed by atoms with Crippen LogP contribution in [0.1, 0.15) is 36.0 Å². The van der Waals surface area contributed by atoms with Gasteiger partial charge < -0.3 is 5.73 Å². The summed E-state index contributed by atoms with van der Waals surface area (Å²) in [7, 11) is 0. The molecule has 1 unspecified atom stereocenters. The molecule has 0 saturated carbocycles. The smallest absolute Gasteiger partial charge is 0.318 e. The number of halogens is 6. The molecule has 3 rings (SSSR count). The second-order valence-corrected chi connectivity index (χ2v) is 7.87. The Balaban J connectivity index is 2.20. The van der Waals surface area contributed by atoms with Gasteiger partial charge >= 0.3 is 6.18 Å². The lowest BCUT2D eigenvalue weighted by Gasteiger charge is -2.38. The lowest BCUT2D eigenvalue weighted by atomic mass is 9.70. The van der Waals surface area contributed by atoms with Crippen LogP contribution in [0.15, 0.2) is 42.5 Å². The average Bonchev–Trinajstić information content (AvgIpc) is 2.59. The Kier molecular flexibility index (Phi) is 5.83. The molecule has 0 amide bonds. The van der Waals surface area contributed by atoms with Crippen molar-refractivity contribution in [3.8, 4) is 0 Å². The molecule has 1 nitrogen and oxygen atoms in total. The van der Waals surface area contributed by atoms with E-state index in [2.05, 4.69) is 0 Å². The van der Waals surface area contributed by atoms with Crippen LogP contribution in [0, 0.1) is 0 Å². The number of allylic oxidation sites excluding steroid dienone is 1. The molecular weight excluding hydrogens is 418 g/mol. The topological polar surface area (TPSA) is 26.0 Å². The van der Waals surface area contributed by atoms with Gasteiger partial charge in [-0.25, -0.2) is 0 Å². The number of nitrogens with two attached hydrogens (primary N) is 1. The molecule has 144 valence electrons. The highest BCUT2D eigenvalue weighted by Gasteiger charge is 2.38. The van der Waals surface area contributed by atoms with Crippen LogP contribution in [0.4, 0.5) is 13.2 Å². The molecule has 1 aliphatic carbocycles. The first-order valence-electron chi connectivity index (χ1n) is 8.41. The molecule has 0 aliphatic heterocycles. The van der Waals surface area contributed by atoms with E-state index in [9.17, 15) is 13.2 Å². The standard InChI is InChI=1S/C20H17Cl3F3N/c21-16-10-13(11-17(22)18(16)23)15(7-9-20(24,25)26)19(27)8-3-5-12-4-1-2-6-14(12)19/h1-2,4,6-7,10-11H,3,5,8-9,27H2/b15-7+. The lowest BCUT2D eigenvalue weighted by Crippen LogP contribution is -2.41. The maximum absolute atomic E-state index is 13.0. The molecule has 0 saturated heterocycles. The molecule has 1 aliphatic rings. The molecule has 0 spiro atoms. The zero-order valence-electron chi connectivity index (χ0n) is 14.2. The number of aryl methyl sites for hydroxylation is 1. The van der Waals surface area contributed by atoms with E-state index in [-0.39, 0.29) is 15.1 Å². The summed E-state index contributed by atoms with van der Waals surface area (Å²) in [5.74, 6) is 0. The zero-order valence-corrected chi connectivity index (χ0v) is 16.5. The van der Waals surface area contributed by atoms with E-state index >= 15 is 0 Å². The first-order valence-corrected chi connectivity index (χ1v) is 9.55. The highest BCUT2D eigenvalue weighted by molar-refractivity contribution is 6.48.